The van der Waals surface area contributed by atoms with Gasteiger partial charge in [-0.05, 0) is 31.6 Å². The summed E-state index contributed by atoms with van der Waals surface area (Å²) in [7, 11) is 0. The highest BCUT2D eigenvalue weighted by atomic mass is 16.4. The van der Waals surface area contributed by atoms with Crippen molar-refractivity contribution in [3.05, 3.63) is 0 Å². The highest BCUT2D eigenvalue weighted by Crippen LogP contribution is 2.44. The molecule has 2 aliphatic carbocycles. The van der Waals surface area contributed by atoms with Crippen LogP contribution in [-0.4, -0.2) is 23.0 Å². The topological polar surface area (TPSA) is 66.4 Å². The van der Waals surface area contributed by atoms with Crippen molar-refractivity contribution in [3.8, 4) is 0 Å². The van der Waals surface area contributed by atoms with E-state index in [1.165, 1.54) is 12.8 Å². The maximum Gasteiger partial charge on any atom is 0.310 e. The largest absolute Gasteiger partial charge is 0.481 e. The summed E-state index contributed by atoms with van der Waals surface area (Å²) in [4.78, 5) is 23.2. The molecule has 0 aromatic rings. The van der Waals surface area contributed by atoms with Crippen molar-refractivity contribution in [2.24, 2.45) is 11.3 Å². The summed E-state index contributed by atoms with van der Waals surface area (Å²) in [6.07, 6.45) is 6.99. The van der Waals surface area contributed by atoms with E-state index in [-0.39, 0.29) is 18.4 Å². The monoisotopic (exact) mass is 253 g/mol. The third-order valence-electron chi connectivity index (χ3n) is 4.72. The maximum atomic E-state index is 12.0. The molecule has 4 nitrogen and oxygen atoms in total. The molecule has 0 aromatic carbocycles. The molecule has 0 aromatic heterocycles. The molecule has 2 fully saturated rings. The SMILES string of the molecule is CC1CCCCC1NC(=O)CC1(C(=O)O)CCC1. The van der Waals surface area contributed by atoms with E-state index in [4.69, 9.17) is 0 Å². The zero-order valence-electron chi connectivity index (χ0n) is 11.1. The number of nitrogens with one attached hydrogen (secondary N) is 1. The van der Waals surface area contributed by atoms with E-state index >= 15 is 0 Å². The Kier molecular flexibility index (Phi) is 3.93. The molecule has 2 atom stereocenters. The van der Waals surface area contributed by atoms with Crippen molar-refractivity contribution in [2.75, 3.05) is 0 Å². The number of aliphatic carboxylic acids is 1. The molecule has 18 heavy (non-hydrogen) atoms. The fourth-order valence-corrected chi connectivity index (χ4v) is 3.17. The molecule has 1 amide bonds. The number of rotatable bonds is 4. The normalized spacial score (nSPS) is 30.3. The molecule has 2 unspecified atom stereocenters. The number of carboxylic acids is 1. The molecule has 0 radical (unpaired) electrons. The summed E-state index contributed by atoms with van der Waals surface area (Å²) >= 11 is 0. The van der Waals surface area contributed by atoms with Crippen molar-refractivity contribution in [3.63, 3.8) is 0 Å². The first-order valence-corrected chi connectivity index (χ1v) is 7.06. The number of carboxylic acid groups (broad SMARTS) is 1. The molecular formula is C14H23NO3. The van der Waals surface area contributed by atoms with Crippen LogP contribution < -0.4 is 5.32 Å². The van der Waals surface area contributed by atoms with Gasteiger partial charge in [-0.3, -0.25) is 9.59 Å². The second-order valence-electron chi connectivity index (χ2n) is 6.05. The summed E-state index contributed by atoms with van der Waals surface area (Å²) in [5.74, 6) is -0.360. The fraction of sp³-hybridized carbons (Fsp3) is 0.857. The van der Waals surface area contributed by atoms with E-state index in [1.807, 2.05) is 0 Å². The van der Waals surface area contributed by atoms with Crippen LogP contribution in [0.3, 0.4) is 0 Å². The Morgan fingerprint density at radius 3 is 2.39 bits per heavy atom. The summed E-state index contributed by atoms with van der Waals surface area (Å²) in [6, 6.07) is 0.247. The smallest absolute Gasteiger partial charge is 0.310 e. The van der Waals surface area contributed by atoms with Crippen LogP contribution in [0.25, 0.3) is 0 Å². The Morgan fingerprint density at radius 1 is 1.22 bits per heavy atom. The van der Waals surface area contributed by atoms with Crippen molar-refractivity contribution < 1.29 is 14.7 Å². The van der Waals surface area contributed by atoms with Crippen LogP contribution in [0.2, 0.25) is 0 Å². The van der Waals surface area contributed by atoms with Gasteiger partial charge in [0.15, 0.2) is 0 Å². The van der Waals surface area contributed by atoms with Crippen molar-refractivity contribution in [1.29, 1.82) is 0 Å². The van der Waals surface area contributed by atoms with Gasteiger partial charge in [0.25, 0.3) is 0 Å². The Morgan fingerprint density at radius 2 is 1.89 bits per heavy atom. The Hall–Kier alpha value is -1.06. The summed E-state index contributed by atoms with van der Waals surface area (Å²) in [5.41, 5.74) is -0.762. The minimum atomic E-state index is -0.805. The van der Waals surface area contributed by atoms with E-state index in [0.717, 1.165) is 19.3 Å². The van der Waals surface area contributed by atoms with Gasteiger partial charge in [-0.25, -0.2) is 0 Å². The van der Waals surface area contributed by atoms with Gasteiger partial charge in [0.1, 0.15) is 0 Å². The molecule has 0 bridgehead atoms. The molecule has 2 N–H and O–H groups in total. The standard InChI is InChI=1S/C14H23NO3/c1-10-5-2-3-6-11(10)15-12(16)9-14(13(17)18)7-4-8-14/h10-11H,2-9H2,1H3,(H,15,16)(H,17,18). The molecule has 2 saturated carbocycles. The lowest BCUT2D eigenvalue weighted by Crippen LogP contribution is -2.46. The number of carbonyl (C=O) groups excluding carboxylic acids is 1. The first-order valence-electron chi connectivity index (χ1n) is 7.06. The molecule has 102 valence electrons. The minimum absolute atomic E-state index is 0.0733. The summed E-state index contributed by atoms with van der Waals surface area (Å²) in [5, 5.41) is 12.3. The molecule has 0 spiro atoms. The van der Waals surface area contributed by atoms with Crippen LogP contribution in [0.1, 0.15) is 58.3 Å². The Labute approximate surface area is 108 Å². The Bertz CT molecular complexity index is 336. The van der Waals surface area contributed by atoms with Gasteiger partial charge in [-0.2, -0.15) is 0 Å². The zero-order valence-corrected chi connectivity index (χ0v) is 11.1. The van der Waals surface area contributed by atoms with Crippen LogP contribution in [-0.2, 0) is 9.59 Å². The van der Waals surface area contributed by atoms with Gasteiger partial charge >= 0.3 is 5.97 Å². The second kappa shape index (κ2) is 5.29. The molecular weight excluding hydrogens is 230 g/mol. The highest BCUT2D eigenvalue weighted by molar-refractivity contribution is 5.85. The molecule has 0 aliphatic heterocycles. The lowest BCUT2D eigenvalue weighted by Gasteiger charge is -2.38. The first kappa shape index (κ1) is 13.4. The van der Waals surface area contributed by atoms with Crippen LogP contribution in [0.4, 0.5) is 0 Å². The lowest BCUT2D eigenvalue weighted by atomic mass is 9.66. The summed E-state index contributed by atoms with van der Waals surface area (Å²) in [6.45, 7) is 2.17. The molecule has 0 heterocycles. The van der Waals surface area contributed by atoms with E-state index in [9.17, 15) is 14.7 Å². The zero-order chi connectivity index (χ0) is 13.2. The average Bonchev–Trinajstić information content (AvgIpc) is 2.26. The predicted octanol–water partition coefficient (Wildman–Crippen LogP) is 2.33. The number of hydrogen-bond acceptors (Lipinski definition) is 2. The van der Waals surface area contributed by atoms with Crippen molar-refractivity contribution in [1.82, 2.24) is 5.32 Å². The number of hydrogen-bond donors (Lipinski definition) is 2. The van der Waals surface area contributed by atoms with E-state index in [2.05, 4.69) is 12.2 Å². The van der Waals surface area contributed by atoms with Crippen LogP contribution in [0, 0.1) is 11.3 Å². The number of amides is 1. The fourth-order valence-electron chi connectivity index (χ4n) is 3.17. The average molecular weight is 253 g/mol. The van der Waals surface area contributed by atoms with E-state index < -0.39 is 11.4 Å². The van der Waals surface area contributed by atoms with Gasteiger partial charge in [-0.15, -0.1) is 0 Å². The summed E-state index contributed by atoms with van der Waals surface area (Å²) < 4.78 is 0. The van der Waals surface area contributed by atoms with E-state index in [0.29, 0.717) is 18.8 Å². The lowest BCUT2D eigenvalue weighted by molar-refractivity contribution is -0.157. The van der Waals surface area contributed by atoms with E-state index in [1.54, 1.807) is 0 Å². The third kappa shape index (κ3) is 2.68. The third-order valence-corrected chi connectivity index (χ3v) is 4.72. The predicted molar refractivity (Wildman–Crippen MR) is 68.1 cm³/mol. The van der Waals surface area contributed by atoms with Crippen LogP contribution in [0.5, 0.6) is 0 Å². The van der Waals surface area contributed by atoms with Crippen LogP contribution >= 0.6 is 0 Å². The first-order chi connectivity index (χ1) is 8.53. The Balaban J connectivity index is 1.86. The molecule has 4 heteroatoms. The van der Waals surface area contributed by atoms with Crippen molar-refractivity contribution >= 4 is 11.9 Å². The van der Waals surface area contributed by atoms with Gasteiger partial charge < -0.3 is 10.4 Å². The molecule has 2 rings (SSSR count). The quantitative estimate of drug-likeness (QED) is 0.808. The highest BCUT2D eigenvalue weighted by Gasteiger charge is 2.46. The van der Waals surface area contributed by atoms with Gasteiger partial charge in [-0.1, -0.05) is 26.2 Å². The molecule has 2 aliphatic rings. The van der Waals surface area contributed by atoms with Gasteiger partial charge in [0.05, 0.1) is 5.41 Å². The van der Waals surface area contributed by atoms with Gasteiger partial charge in [0, 0.05) is 12.5 Å². The van der Waals surface area contributed by atoms with Gasteiger partial charge in [0.2, 0.25) is 5.91 Å². The number of carbonyl (C=O) groups is 2. The minimum Gasteiger partial charge on any atom is -0.481 e. The molecule has 0 saturated heterocycles. The van der Waals surface area contributed by atoms with Crippen molar-refractivity contribution in [2.45, 2.75) is 64.3 Å². The maximum absolute atomic E-state index is 12.0. The van der Waals surface area contributed by atoms with Crippen LogP contribution in [0.15, 0.2) is 0 Å². The second-order valence-corrected chi connectivity index (χ2v) is 6.05.